The summed E-state index contributed by atoms with van der Waals surface area (Å²) in [6.07, 6.45) is 10.0. The SMILES string of the molecule is C=C(CC1CCCCC1)/C(N)=C\C. The molecule has 0 aromatic heterocycles. The lowest BCUT2D eigenvalue weighted by Crippen LogP contribution is -2.10. The second-order valence-electron chi connectivity index (χ2n) is 4.06. The lowest BCUT2D eigenvalue weighted by molar-refractivity contribution is 0.357. The van der Waals surface area contributed by atoms with Crippen LogP contribution in [0.1, 0.15) is 45.4 Å². The minimum Gasteiger partial charge on any atom is -0.399 e. The molecule has 0 spiro atoms. The minimum absolute atomic E-state index is 0.847. The van der Waals surface area contributed by atoms with Crippen LogP contribution in [-0.2, 0) is 0 Å². The van der Waals surface area contributed by atoms with Crippen LogP contribution >= 0.6 is 0 Å². The molecule has 0 unspecified atom stereocenters. The monoisotopic (exact) mass is 179 g/mol. The van der Waals surface area contributed by atoms with Crippen LogP contribution in [0.3, 0.4) is 0 Å². The first-order valence-corrected chi connectivity index (χ1v) is 5.34. The lowest BCUT2D eigenvalue weighted by atomic mass is 9.84. The third-order valence-corrected chi connectivity index (χ3v) is 2.98. The summed E-state index contributed by atoms with van der Waals surface area (Å²) in [5, 5.41) is 0. The van der Waals surface area contributed by atoms with Crippen molar-refractivity contribution in [2.24, 2.45) is 11.7 Å². The molecule has 0 aromatic carbocycles. The molecule has 1 saturated carbocycles. The fourth-order valence-electron chi connectivity index (χ4n) is 2.06. The first kappa shape index (κ1) is 10.4. The fourth-order valence-corrected chi connectivity index (χ4v) is 2.06. The molecule has 13 heavy (non-hydrogen) atoms. The minimum atomic E-state index is 0.847. The number of allylic oxidation sites excluding steroid dienone is 2. The first-order valence-electron chi connectivity index (χ1n) is 5.34. The molecule has 0 atom stereocenters. The molecule has 1 heteroatoms. The Morgan fingerprint density at radius 2 is 2.00 bits per heavy atom. The Morgan fingerprint density at radius 1 is 1.38 bits per heavy atom. The van der Waals surface area contributed by atoms with E-state index in [1.54, 1.807) is 0 Å². The predicted octanol–water partition coefficient (Wildman–Crippen LogP) is 3.38. The Labute approximate surface area is 81.7 Å². The van der Waals surface area contributed by atoms with E-state index in [1.807, 2.05) is 13.0 Å². The second-order valence-corrected chi connectivity index (χ2v) is 4.06. The van der Waals surface area contributed by atoms with Gasteiger partial charge in [0.25, 0.3) is 0 Å². The molecule has 0 bridgehead atoms. The topological polar surface area (TPSA) is 26.0 Å². The molecule has 1 fully saturated rings. The van der Waals surface area contributed by atoms with Crippen molar-refractivity contribution in [1.82, 2.24) is 0 Å². The Morgan fingerprint density at radius 3 is 2.54 bits per heavy atom. The Balaban J connectivity index is 2.34. The molecule has 1 aliphatic rings. The molecular formula is C12H21N. The summed E-state index contributed by atoms with van der Waals surface area (Å²) in [5.74, 6) is 0.847. The number of nitrogens with two attached hydrogens (primary N) is 1. The maximum atomic E-state index is 5.80. The summed E-state index contributed by atoms with van der Waals surface area (Å²) in [6.45, 7) is 6.00. The van der Waals surface area contributed by atoms with Crippen LogP contribution in [0.2, 0.25) is 0 Å². The van der Waals surface area contributed by atoms with Gasteiger partial charge in [-0.3, -0.25) is 0 Å². The van der Waals surface area contributed by atoms with Gasteiger partial charge in [-0.25, -0.2) is 0 Å². The van der Waals surface area contributed by atoms with Crippen molar-refractivity contribution < 1.29 is 0 Å². The van der Waals surface area contributed by atoms with Gasteiger partial charge in [0.2, 0.25) is 0 Å². The van der Waals surface area contributed by atoms with Crippen LogP contribution in [-0.4, -0.2) is 0 Å². The van der Waals surface area contributed by atoms with Crippen molar-refractivity contribution in [1.29, 1.82) is 0 Å². The highest BCUT2D eigenvalue weighted by Gasteiger charge is 2.14. The van der Waals surface area contributed by atoms with E-state index < -0.39 is 0 Å². The zero-order chi connectivity index (χ0) is 9.68. The molecule has 1 nitrogen and oxygen atoms in total. The van der Waals surface area contributed by atoms with Crippen LogP contribution < -0.4 is 5.73 Å². The van der Waals surface area contributed by atoms with Crippen molar-refractivity contribution in [2.75, 3.05) is 0 Å². The molecule has 1 rings (SSSR count). The van der Waals surface area contributed by atoms with E-state index in [9.17, 15) is 0 Å². The smallest absolute Gasteiger partial charge is 0.0297 e. The molecule has 0 aromatic rings. The summed E-state index contributed by atoms with van der Waals surface area (Å²) in [6, 6.07) is 0. The Kier molecular flexibility index (Phi) is 4.07. The molecule has 0 amide bonds. The van der Waals surface area contributed by atoms with Crippen LogP contribution in [0.4, 0.5) is 0 Å². The zero-order valence-electron chi connectivity index (χ0n) is 8.68. The quantitative estimate of drug-likeness (QED) is 0.660. The largest absolute Gasteiger partial charge is 0.399 e. The second kappa shape index (κ2) is 5.11. The van der Waals surface area contributed by atoms with E-state index in [-0.39, 0.29) is 0 Å². The molecule has 0 radical (unpaired) electrons. The maximum absolute atomic E-state index is 5.80. The van der Waals surface area contributed by atoms with Crippen molar-refractivity contribution in [3.8, 4) is 0 Å². The average Bonchev–Trinajstić information content (AvgIpc) is 2.18. The van der Waals surface area contributed by atoms with E-state index in [2.05, 4.69) is 6.58 Å². The molecular weight excluding hydrogens is 158 g/mol. The van der Waals surface area contributed by atoms with Crippen LogP contribution in [0.25, 0.3) is 0 Å². The van der Waals surface area contributed by atoms with E-state index >= 15 is 0 Å². The molecule has 0 heterocycles. The lowest BCUT2D eigenvalue weighted by Gasteiger charge is -2.22. The molecule has 1 aliphatic carbocycles. The van der Waals surface area contributed by atoms with Crippen molar-refractivity contribution in [3.63, 3.8) is 0 Å². The number of rotatable bonds is 3. The average molecular weight is 179 g/mol. The van der Waals surface area contributed by atoms with E-state index in [1.165, 1.54) is 32.1 Å². The van der Waals surface area contributed by atoms with Gasteiger partial charge in [-0.1, -0.05) is 44.8 Å². The molecule has 2 N–H and O–H groups in total. The predicted molar refractivity (Wildman–Crippen MR) is 58.3 cm³/mol. The standard InChI is InChI=1S/C12H21N/c1-3-12(13)10(2)9-11-7-5-4-6-8-11/h3,11H,2,4-9,13H2,1H3/b12-3+. The normalized spacial score (nSPS) is 20.2. The summed E-state index contributed by atoms with van der Waals surface area (Å²) in [7, 11) is 0. The Hall–Kier alpha value is -0.720. The molecule has 0 saturated heterocycles. The van der Waals surface area contributed by atoms with Gasteiger partial charge in [-0.2, -0.15) is 0 Å². The van der Waals surface area contributed by atoms with Crippen LogP contribution in [0.5, 0.6) is 0 Å². The summed E-state index contributed by atoms with van der Waals surface area (Å²) in [4.78, 5) is 0. The third-order valence-electron chi connectivity index (χ3n) is 2.98. The highest BCUT2D eigenvalue weighted by atomic mass is 14.6. The molecule has 74 valence electrons. The zero-order valence-corrected chi connectivity index (χ0v) is 8.68. The summed E-state index contributed by atoms with van der Waals surface area (Å²) in [5.41, 5.74) is 7.81. The first-order chi connectivity index (χ1) is 6.24. The third kappa shape index (κ3) is 3.25. The van der Waals surface area contributed by atoms with Crippen molar-refractivity contribution in [2.45, 2.75) is 45.4 Å². The van der Waals surface area contributed by atoms with Gasteiger partial charge in [0.05, 0.1) is 0 Å². The van der Waals surface area contributed by atoms with Gasteiger partial charge in [0.1, 0.15) is 0 Å². The maximum Gasteiger partial charge on any atom is 0.0297 e. The number of hydrogen-bond donors (Lipinski definition) is 1. The van der Waals surface area contributed by atoms with Crippen molar-refractivity contribution in [3.05, 3.63) is 23.9 Å². The number of hydrogen-bond acceptors (Lipinski definition) is 1. The van der Waals surface area contributed by atoms with E-state index in [0.717, 1.165) is 23.6 Å². The van der Waals surface area contributed by atoms with E-state index in [0.29, 0.717) is 0 Å². The Bertz CT molecular complexity index is 197. The van der Waals surface area contributed by atoms with Gasteiger partial charge in [-0.05, 0) is 24.8 Å². The van der Waals surface area contributed by atoms with Crippen molar-refractivity contribution >= 4 is 0 Å². The molecule has 0 aliphatic heterocycles. The van der Waals surface area contributed by atoms with Crippen LogP contribution in [0.15, 0.2) is 23.9 Å². The van der Waals surface area contributed by atoms with Crippen LogP contribution in [0, 0.1) is 5.92 Å². The van der Waals surface area contributed by atoms with Gasteiger partial charge in [0.15, 0.2) is 0 Å². The summed E-state index contributed by atoms with van der Waals surface area (Å²) < 4.78 is 0. The highest BCUT2D eigenvalue weighted by Crippen LogP contribution is 2.29. The van der Waals surface area contributed by atoms with Gasteiger partial charge >= 0.3 is 0 Å². The van der Waals surface area contributed by atoms with Gasteiger partial charge in [-0.15, -0.1) is 0 Å². The summed E-state index contributed by atoms with van der Waals surface area (Å²) >= 11 is 0. The van der Waals surface area contributed by atoms with E-state index in [4.69, 9.17) is 5.73 Å². The van der Waals surface area contributed by atoms with Gasteiger partial charge < -0.3 is 5.73 Å². The highest BCUT2D eigenvalue weighted by molar-refractivity contribution is 5.24. The fraction of sp³-hybridized carbons (Fsp3) is 0.667. The van der Waals surface area contributed by atoms with Gasteiger partial charge in [0, 0.05) is 5.70 Å².